The number of amides is 1. The van der Waals surface area contributed by atoms with E-state index < -0.39 is 86.8 Å². The Balaban J connectivity index is 1.74. The van der Waals surface area contributed by atoms with Crippen molar-refractivity contribution in [3.05, 3.63) is 0 Å². The van der Waals surface area contributed by atoms with E-state index in [0.29, 0.717) is 6.42 Å². The summed E-state index contributed by atoms with van der Waals surface area (Å²) in [7, 11) is 0. The molecule has 12 atom stereocenters. The van der Waals surface area contributed by atoms with Crippen LogP contribution in [0.1, 0.15) is 129 Å². The molecule has 1 amide bonds. The van der Waals surface area contributed by atoms with Crippen molar-refractivity contribution in [1.29, 1.82) is 0 Å². The predicted molar refractivity (Wildman–Crippen MR) is 185 cm³/mol. The van der Waals surface area contributed by atoms with Crippen molar-refractivity contribution in [2.75, 3.05) is 19.8 Å². The number of hydrogen-bond acceptors (Lipinski definition) is 13. The molecule has 2 aliphatic rings. The van der Waals surface area contributed by atoms with E-state index in [0.717, 1.165) is 25.7 Å². The molecule has 296 valence electrons. The maximum atomic E-state index is 12.2. The van der Waals surface area contributed by atoms with Gasteiger partial charge in [-0.05, 0) is 6.42 Å². The quantitative estimate of drug-likeness (QED) is 0.0549. The zero-order valence-corrected chi connectivity index (χ0v) is 30.4. The third kappa shape index (κ3) is 15.5. The second-order valence-corrected chi connectivity index (χ2v) is 14.0. The lowest BCUT2D eigenvalue weighted by atomic mass is 9.97. The van der Waals surface area contributed by atoms with Crippen LogP contribution in [-0.2, 0) is 23.7 Å². The lowest BCUT2D eigenvalue weighted by Crippen LogP contribution is -2.65. The Morgan fingerprint density at radius 1 is 0.640 bits per heavy atom. The molecular formula is C36H69NO13. The highest BCUT2D eigenvalue weighted by Crippen LogP contribution is 2.30. The lowest BCUT2D eigenvalue weighted by molar-refractivity contribution is -0.359. The number of carbonyl (C=O) groups excluding carboxylic acids is 1. The number of aliphatic hydroxyl groups excluding tert-OH is 8. The summed E-state index contributed by atoms with van der Waals surface area (Å²) in [6, 6.07) is -0.817. The highest BCUT2D eigenvalue weighted by molar-refractivity contribution is 5.75. The largest absolute Gasteiger partial charge is 0.394 e. The third-order valence-electron chi connectivity index (χ3n) is 9.89. The van der Waals surface area contributed by atoms with E-state index in [4.69, 9.17) is 18.9 Å². The van der Waals surface area contributed by atoms with E-state index in [-0.39, 0.29) is 18.9 Å². The summed E-state index contributed by atoms with van der Waals surface area (Å²) in [5.41, 5.74) is 0. The van der Waals surface area contributed by atoms with E-state index in [2.05, 4.69) is 12.2 Å². The molecule has 12 unspecified atom stereocenters. The molecular weight excluding hydrogens is 654 g/mol. The van der Waals surface area contributed by atoms with Crippen molar-refractivity contribution >= 4 is 5.91 Å². The average Bonchev–Trinajstić information content (AvgIpc) is 3.12. The highest BCUT2D eigenvalue weighted by atomic mass is 16.7. The Morgan fingerprint density at radius 3 is 1.62 bits per heavy atom. The molecule has 0 saturated carbocycles. The third-order valence-corrected chi connectivity index (χ3v) is 9.89. The second-order valence-electron chi connectivity index (χ2n) is 14.0. The molecule has 50 heavy (non-hydrogen) atoms. The van der Waals surface area contributed by atoms with Gasteiger partial charge in [-0.3, -0.25) is 4.79 Å². The van der Waals surface area contributed by atoms with Crippen molar-refractivity contribution in [3.63, 3.8) is 0 Å². The summed E-state index contributed by atoms with van der Waals surface area (Å²) in [5, 5.41) is 85.2. The van der Waals surface area contributed by atoms with Gasteiger partial charge in [-0.2, -0.15) is 0 Å². The summed E-state index contributed by atoms with van der Waals surface area (Å²) < 4.78 is 22.3. The molecule has 0 aliphatic carbocycles. The molecule has 2 fully saturated rings. The fourth-order valence-corrected chi connectivity index (χ4v) is 6.55. The normalized spacial score (nSPS) is 31.4. The fraction of sp³-hybridized carbons (Fsp3) is 0.972. The Kier molecular flexibility index (Phi) is 23.4. The lowest BCUT2D eigenvalue weighted by Gasteiger charge is -2.46. The van der Waals surface area contributed by atoms with Crippen LogP contribution in [0.15, 0.2) is 0 Å². The van der Waals surface area contributed by atoms with Crippen molar-refractivity contribution in [2.45, 2.75) is 203 Å². The van der Waals surface area contributed by atoms with Crippen LogP contribution in [0, 0.1) is 0 Å². The molecule has 0 spiro atoms. The van der Waals surface area contributed by atoms with E-state index in [1.54, 1.807) is 6.92 Å². The summed E-state index contributed by atoms with van der Waals surface area (Å²) in [5.74, 6) is -0.295. The van der Waals surface area contributed by atoms with Gasteiger partial charge in [-0.25, -0.2) is 0 Å². The Labute approximate surface area is 298 Å². The molecule has 14 heteroatoms. The van der Waals surface area contributed by atoms with Crippen LogP contribution in [0.25, 0.3) is 0 Å². The zero-order chi connectivity index (χ0) is 36.9. The van der Waals surface area contributed by atoms with Crippen LogP contribution in [0.5, 0.6) is 0 Å². The van der Waals surface area contributed by atoms with Crippen molar-refractivity contribution in [1.82, 2.24) is 5.32 Å². The Hall–Kier alpha value is -1.01. The maximum Gasteiger partial charge on any atom is 0.220 e. The number of nitrogens with one attached hydrogen (secondary N) is 1. The van der Waals surface area contributed by atoms with E-state index in [1.807, 2.05) is 0 Å². The molecule has 0 aromatic rings. The van der Waals surface area contributed by atoms with Gasteiger partial charge in [0.1, 0.15) is 48.8 Å². The number of ether oxygens (including phenoxy) is 4. The van der Waals surface area contributed by atoms with Gasteiger partial charge < -0.3 is 65.1 Å². The van der Waals surface area contributed by atoms with Gasteiger partial charge in [0.15, 0.2) is 12.6 Å². The minimum Gasteiger partial charge on any atom is -0.394 e. The molecule has 14 nitrogen and oxygen atoms in total. The number of rotatable bonds is 27. The fourth-order valence-electron chi connectivity index (χ4n) is 6.55. The van der Waals surface area contributed by atoms with Crippen molar-refractivity contribution < 1.29 is 64.6 Å². The first-order valence-electron chi connectivity index (χ1n) is 19.3. The minimum absolute atomic E-state index is 0.188. The van der Waals surface area contributed by atoms with Gasteiger partial charge in [0.2, 0.25) is 5.91 Å². The highest BCUT2D eigenvalue weighted by Gasteiger charge is 2.50. The van der Waals surface area contributed by atoms with Gasteiger partial charge in [-0.15, -0.1) is 0 Å². The standard InChI is InChI=1S/C36H69NO13/c1-3-5-6-7-8-9-10-11-12-13-14-15-16-17-18-19-20-25(40)24(37-28(41)4-2)23-47-35-33(46)31(44)34(27(22-39)49-35)50-36-32(45)30(43)29(42)26(21-38)48-36/h24-27,29-36,38-40,42-46H,3-23H2,1-2H3,(H,37,41). The van der Waals surface area contributed by atoms with Crippen molar-refractivity contribution in [2.24, 2.45) is 0 Å². The monoisotopic (exact) mass is 723 g/mol. The van der Waals surface area contributed by atoms with Gasteiger partial charge in [-0.1, -0.05) is 117 Å². The molecule has 2 aliphatic heterocycles. The second kappa shape index (κ2) is 25.9. The molecule has 0 aromatic heterocycles. The maximum absolute atomic E-state index is 12.2. The van der Waals surface area contributed by atoms with Gasteiger partial charge >= 0.3 is 0 Å². The van der Waals surface area contributed by atoms with Crippen LogP contribution < -0.4 is 5.32 Å². The number of carbonyl (C=O) groups is 1. The smallest absolute Gasteiger partial charge is 0.220 e. The first kappa shape index (κ1) is 45.1. The topological polar surface area (TPSA) is 228 Å². The molecule has 2 rings (SSSR count). The zero-order valence-electron chi connectivity index (χ0n) is 30.4. The summed E-state index contributed by atoms with van der Waals surface area (Å²) in [6.07, 6.45) is 3.81. The van der Waals surface area contributed by atoms with Crippen LogP contribution in [0.3, 0.4) is 0 Å². The molecule has 0 aromatic carbocycles. The summed E-state index contributed by atoms with van der Waals surface area (Å²) >= 11 is 0. The number of unbranched alkanes of at least 4 members (excludes halogenated alkanes) is 15. The first-order valence-corrected chi connectivity index (χ1v) is 19.3. The Morgan fingerprint density at radius 2 is 1.12 bits per heavy atom. The van der Waals surface area contributed by atoms with E-state index >= 15 is 0 Å². The van der Waals surface area contributed by atoms with Gasteiger partial charge in [0.05, 0.1) is 32.0 Å². The molecule has 0 radical (unpaired) electrons. The first-order chi connectivity index (χ1) is 24.1. The SMILES string of the molecule is CCCCCCCCCCCCCCCCCCC(O)C(COC1OC(CO)C(OC2OC(CO)C(O)C(O)C2O)C(O)C1O)NC(=O)CC. The minimum atomic E-state index is -1.77. The van der Waals surface area contributed by atoms with Crippen LogP contribution >= 0.6 is 0 Å². The average molecular weight is 724 g/mol. The number of hydrogen-bond donors (Lipinski definition) is 9. The predicted octanol–water partition coefficient (Wildman–Crippen LogP) is 1.53. The van der Waals surface area contributed by atoms with Gasteiger partial charge in [0, 0.05) is 6.42 Å². The molecule has 9 N–H and O–H groups in total. The molecule has 0 bridgehead atoms. The van der Waals surface area contributed by atoms with Crippen LogP contribution in [0.2, 0.25) is 0 Å². The Bertz CT molecular complexity index is 868. The molecule has 2 saturated heterocycles. The van der Waals surface area contributed by atoms with Crippen molar-refractivity contribution in [3.8, 4) is 0 Å². The molecule has 2 heterocycles. The van der Waals surface area contributed by atoms with Gasteiger partial charge in [0.25, 0.3) is 0 Å². The summed E-state index contributed by atoms with van der Waals surface area (Å²) in [4.78, 5) is 12.2. The number of aliphatic hydroxyl groups is 8. The van der Waals surface area contributed by atoms with Crippen LogP contribution in [0.4, 0.5) is 0 Å². The summed E-state index contributed by atoms with van der Waals surface area (Å²) in [6.45, 7) is 2.27. The van der Waals surface area contributed by atoms with Crippen LogP contribution in [-0.4, -0.2) is 140 Å². The van der Waals surface area contributed by atoms with E-state index in [1.165, 1.54) is 77.0 Å². The van der Waals surface area contributed by atoms with E-state index in [9.17, 15) is 45.6 Å².